The van der Waals surface area contributed by atoms with Crippen LogP contribution in [-0.4, -0.2) is 145 Å². The summed E-state index contributed by atoms with van der Waals surface area (Å²) in [5.74, 6) is 0.991. The third-order valence-corrected chi connectivity index (χ3v) is 19.4. The Hall–Kier alpha value is -6.80. The molecule has 4 fully saturated rings. The Morgan fingerprint density at radius 1 is 0.802 bits per heavy atom. The van der Waals surface area contributed by atoms with Gasteiger partial charge in [0.1, 0.15) is 12.3 Å². The summed E-state index contributed by atoms with van der Waals surface area (Å²) in [6.45, 7) is 16.5. The lowest BCUT2D eigenvalue weighted by molar-refractivity contribution is -0.138. The maximum Gasteiger partial charge on any atom is 0.416 e. The largest absolute Gasteiger partial charge is 0.493 e. The zero-order valence-electron chi connectivity index (χ0n) is 51.4. The van der Waals surface area contributed by atoms with E-state index in [1.54, 1.807) is 67.4 Å². The number of thioether (sulfide) groups is 1. The van der Waals surface area contributed by atoms with Crippen LogP contribution in [0.1, 0.15) is 170 Å². The standard InChI is InChI=1S/C66H87BN6O12S/c1-9-43-31-46-37-68-50-34-55(53(81-7)32-48(50)60(76)71(46)39-43)85-41-66(5,6)26-25-65(3,4)27-29-83-56-35-51-49(33-54(56)82-8)61(77)72-38-42(2)30-52(72)62(78)73(51)64(80)84-40-44-21-23-45(24-22-44)69-67-58(74)20-16-13-17-28-70-59(75)36-57(63(70)79)86-47-18-14-11-10-12-15-19-47/h9,21-24,32-35,37,46-47,52,57,62,67,69,78H,2,10-20,25-31,36,38-41H2,1,3-8H3/b43-9+/t46-,52-,57?,62-/m0/s1. The Morgan fingerprint density at radius 2 is 1.49 bits per heavy atom. The predicted octanol–water partition coefficient (Wildman–Crippen LogP) is 11.3. The summed E-state index contributed by atoms with van der Waals surface area (Å²) in [5, 5.41) is 15.4. The van der Waals surface area contributed by atoms with Crippen LogP contribution >= 0.6 is 11.8 Å². The first-order valence-corrected chi connectivity index (χ1v) is 31.8. The predicted molar refractivity (Wildman–Crippen MR) is 337 cm³/mol. The van der Waals surface area contributed by atoms with E-state index in [0.717, 1.165) is 49.0 Å². The first-order chi connectivity index (χ1) is 41.2. The lowest BCUT2D eigenvalue weighted by Crippen LogP contribution is -2.50. The number of unbranched alkanes of at least 4 members (excludes halogenated alkanes) is 2. The monoisotopic (exact) mass is 1200 g/mol. The number of methoxy groups -OCH3 is 2. The second kappa shape index (κ2) is 28.4. The van der Waals surface area contributed by atoms with Crippen molar-refractivity contribution >= 4 is 77.9 Å². The summed E-state index contributed by atoms with van der Waals surface area (Å²) in [5.41, 5.74) is 4.25. The van der Waals surface area contributed by atoms with E-state index >= 15 is 0 Å². The molecule has 2 N–H and O–H groups in total. The molecule has 0 aromatic heterocycles. The number of carbonyl (C=O) groups excluding carboxylic acids is 6. The number of carbonyl (C=O) groups is 6. The van der Waals surface area contributed by atoms with Gasteiger partial charge in [-0.15, -0.1) is 11.8 Å². The van der Waals surface area contributed by atoms with E-state index in [2.05, 4.69) is 45.6 Å². The Morgan fingerprint density at radius 3 is 2.21 bits per heavy atom. The molecule has 3 aromatic rings. The van der Waals surface area contributed by atoms with Crippen LogP contribution in [0.2, 0.25) is 0 Å². The Balaban J connectivity index is 0.750. The number of aliphatic hydroxyl groups is 1. The number of fused-ring (bicyclic) bond motifs is 4. The maximum absolute atomic E-state index is 14.3. The van der Waals surface area contributed by atoms with Crippen molar-refractivity contribution in [2.24, 2.45) is 15.8 Å². The molecule has 20 heteroatoms. The van der Waals surface area contributed by atoms with E-state index < -0.39 is 18.4 Å². The molecule has 0 bridgehead atoms. The molecule has 4 atom stereocenters. The third kappa shape index (κ3) is 15.5. The summed E-state index contributed by atoms with van der Waals surface area (Å²) in [4.78, 5) is 91.7. The van der Waals surface area contributed by atoms with Crippen LogP contribution in [0, 0.1) is 10.8 Å². The van der Waals surface area contributed by atoms with Crippen molar-refractivity contribution in [3.05, 3.63) is 89.0 Å². The van der Waals surface area contributed by atoms with Crippen molar-refractivity contribution in [2.75, 3.05) is 57.2 Å². The highest BCUT2D eigenvalue weighted by Crippen LogP contribution is 2.44. The SMILES string of the molecule is C=C1C[C@H]2[C@H](O)N(C(=O)OCc3ccc(NBC(=O)CCCCCN4C(=O)CC(SC5CCCCCCC5)C4=O)cc3)c3cc(OCCC(C)(C)CCC(C)(C)COc4cc5c(cc4OC)C(=O)N4C/C(=C/C)C[C@H]4C=N5)c(OC)cc3C(=O)N2C1. The molecule has 86 heavy (non-hydrogen) atoms. The number of allylic oxidation sites excluding steroid dienone is 1. The van der Waals surface area contributed by atoms with Crippen molar-refractivity contribution in [1.82, 2.24) is 14.7 Å². The van der Waals surface area contributed by atoms with Crippen molar-refractivity contribution in [3.8, 4) is 23.0 Å². The highest BCUT2D eigenvalue weighted by atomic mass is 32.2. The number of aliphatic imine (C=N–C) groups is 1. The van der Waals surface area contributed by atoms with Crippen molar-refractivity contribution in [2.45, 2.75) is 179 Å². The first-order valence-electron chi connectivity index (χ1n) is 30.9. The van der Waals surface area contributed by atoms with Crippen LogP contribution in [0.5, 0.6) is 23.0 Å². The van der Waals surface area contributed by atoms with Crippen LogP contribution in [-0.2, 0) is 25.7 Å². The smallest absolute Gasteiger partial charge is 0.416 e. The van der Waals surface area contributed by atoms with E-state index in [0.29, 0.717) is 109 Å². The second-order valence-electron chi connectivity index (χ2n) is 25.6. The maximum atomic E-state index is 14.3. The summed E-state index contributed by atoms with van der Waals surface area (Å²) in [6, 6.07) is 13.0. The van der Waals surface area contributed by atoms with Gasteiger partial charge in [0, 0.05) is 55.3 Å². The Kier molecular flexibility index (Phi) is 21.0. The number of hydrogen-bond acceptors (Lipinski definition) is 15. The second-order valence-corrected chi connectivity index (χ2v) is 27.1. The first kappa shape index (κ1) is 63.7. The number of amides is 5. The molecule has 0 spiro atoms. The minimum Gasteiger partial charge on any atom is -0.493 e. The average Bonchev–Trinajstić information content (AvgIpc) is 1.86. The van der Waals surface area contributed by atoms with Gasteiger partial charge >= 0.3 is 13.5 Å². The van der Waals surface area contributed by atoms with E-state index in [1.165, 1.54) is 54.6 Å². The number of nitrogens with zero attached hydrogens (tertiary/aromatic N) is 5. The van der Waals surface area contributed by atoms with E-state index in [-0.39, 0.29) is 89.9 Å². The number of benzene rings is 3. The number of aliphatic hydroxyl groups excluding tert-OH is 1. The molecule has 0 radical (unpaired) electrons. The topological polar surface area (TPSA) is 206 Å². The van der Waals surface area contributed by atoms with Crippen molar-refractivity contribution in [3.63, 3.8) is 0 Å². The molecule has 1 unspecified atom stereocenters. The molecule has 1 aliphatic carbocycles. The van der Waals surface area contributed by atoms with Gasteiger partial charge in [0.15, 0.2) is 29.2 Å². The van der Waals surface area contributed by atoms with E-state index in [4.69, 9.17) is 28.7 Å². The minimum absolute atomic E-state index is 0.0422. The molecule has 3 aromatic carbocycles. The summed E-state index contributed by atoms with van der Waals surface area (Å²) < 4.78 is 30.3. The van der Waals surface area contributed by atoms with Gasteiger partial charge in [-0.3, -0.25) is 29.1 Å². The average molecular weight is 1200 g/mol. The highest BCUT2D eigenvalue weighted by Gasteiger charge is 2.47. The molecule has 5 amide bonds. The summed E-state index contributed by atoms with van der Waals surface area (Å²) in [6.07, 6.45) is 16.1. The highest BCUT2D eigenvalue weighted by molar-refractivity contribution is 8.01. The van der Waals surface area contributed by atoms with Gasteiger partial charge in [0.25, 0.3) is 11.8 Å². The van der Waals surface area contributed by atoms with Crippen LogP contribution in [0.15, 0.2) is 77.3 Å². The number of rotatable bonds is 25. The molecule has 18 nitrogen and oxygen atoms in total. The van der Waals surface area contributed by atoms with Crippen LogP contribution < -0.4 is 29.1 Å². The number of hydrogen-bond donors (Lipinski definition) is 2. The normalized spacial score (nSPS) is 21.3. The molecule has 462 valence electrons. The van der Waals surface area contributed by atoms with Gasteiger partial charge < -0.3 is 48.6 Å². The van der Waals surface area contributed by atoms with Crippen molar-refractivity contribution < 1.29 is 57.6 Å². The van der Waals surface area contributed by atoms with E-state index in [1.807, 2.05) is 18.0 Å². The lowest BCUT2D eigenvalue weighted by Gasteiger charge is -2.32. The van der Waals surface area contributed by atoms with Gasteiger partial charge in [0.2, 0.25) is 11.8 Å². The number of imide groups is 1. The zero-order valence-corrected chi connectivity index (χ0v) is 52.2. The molecular formula is C66H87BN6O12S. The van der Waals surface area contributed by atoms with Crippen LogP contribution in [0.3, 0.4) is 0 Å². The number of anilines is 2. The Labute approximate surface area is 512 Å². The summed E-state index contributed by atoms with van der Waals surface area (Å²) >= 11 is 1.71. The number of likely N-dealkylation sites (tertiary alicyclic amines) is 1. The fraction of sp³-hybridized carbons (Fsp3) is 0.561. The van der Waals surface area contributed by atoms with Gasteiger partial charge in [-0.05, 0) is 112 Å². The fourth-order valence-corrected chi connectivity index (χ4v) is 13.9. The third-order valence-electron chi connectivity index (χ3n) is 17.8. The van der Waals surface area contributed by atoms with Gasteiger partial charge in [-0.25, -0.2) is 9.69 Å². The summed E-state index contributed by atoms with van der Waals surface area (Å²) in [7, 11) is 3.19. The molecule has 6 aliphatic rings. The van der Waals surface area contributed by atoms with Crippen molar-refractivity contribution in [1.29, 1.82) is 0 Å². The fourth-order valence-electron chi connectivity index (χ4n) is 12.3. The number of ether oxygens (including phenoxy) is 5. The lowest BCUT2D eigenvalue weighted by atomic mass is 9.78. The molecule has 5 aliphatic heterocycles. The molecule has 3 saturated heterocycles. The van der Waals surface area contributed by atoms with Gasteiger partial charge in [0.05, 0.1) is 67.3 Å². The molecule has 1 saturated carbocycles. The molecule has 9 rings (SSSR count). The number of nitrogens with one attached hydrogen (secondary N) is 1. The zero-order chi connectivity index (χ0) is 61.3. The van der Waals surface area contributed by atoms with Gasteiger partial charge in [-0.1, -0.05) is 102 Å². The van der Waals surface area contributed by atoms with Gasteiger partial charge in [-0.2, -0.15) is 0 Å². The minimum atomic E-state index is -1.47. The molecular weight excluding hydrogens is 1110 g/mol. The molecule has 5 heterocycles. The van der Waals surface area contributed by atoms with Crippen LogP contribution in [0.4, 0.5) is 21.9 Å². The van der Waals surface area contributed by atoms with E-state index in [9.17, 15) is 33.9 Å². The van der Waals surface area contributed by atoms with Crippen LogP contribution in [0.25, 0.3) is 0 Å². The Bertz CT molecular complexity index is 3070. The quantitative estimate of drug-likeness (QED) is 0.0350.